The highest BCUT2D eigenvalue weighted by molar-refractivity contribution is 4.94. The molecule has 0 saturated heterocycles. The number of nitrogens with zero attached hydrogens (tertiary/aromatic N) is 3. The number of hydrogen-bond donors (Lipinski definition) is 1. The van der Waals surface area contributed by atoms with Crippen molar-refractivity contribution in [2.75, 3.05) is 0 Å². The summed E-state index contributed by atoms with van der Waals surface area (Å²) < 4.78 is 25.0. The molecule has 11 heavy (non-hydrogen) atoms. The molecule has 6 heteroatoms. The van der Waals surface area contributed by atoms with Crippen LogP contribution in [-0.4, -0.2) is 19.9 Å². The summed E-state index contributed by atoms with van der Waals surface area (Å²) in [4.78, 5) is 0. The molecule has 0 atom stereocenters. The fraction of sp³-hybridized carbons (Fsp3) is 0.600. The lowest BCUT2D eigenvalue weighted by molar-refractivity contribution is 0.135. The predicted molar refractivity (Wildman–Crippen MR) is 31.9 cm³/mol. The largest absolute Gasteiger partial charge is 0.388 e. The Labute approximate surface area is 61.5 Å². The van der Waals surface area contributed by atoms with Crippen LogP contribution in [0.2, 0.25) is 0 Å². The molecule has 0 aliphatic rings. The average Bonchev–Trinajstić information content (AvgIpc) is 2.30. The Morgan fingerprint density at radius 3 is 2.45 bits per heavy atom. The molecule has 0 aliphatic carbocycles. The van der Waals surface area contributed by atoms with Gasteiger partial charge < -0.3 is 9.67 Å². The molecule has 1 aromatic heterocycles. The Hall–Kier alpha value is -1.04. The van der Waals surface area contributed by atoms with E-state index in [9.17, 15) is 8.78 Å². The second-order valence-electron chi connectivity index (χ2n) is 1.99. The Bertz CT molecular complexity index is 248. The summed E-state index contributed by atoms with van der Waals surface area (Å²) in [7, 11) is 1.38. The Morgan fingerprint density at radius 1 is 1.55 bits per heavy atom. The molecule has 0 amide bonds. The SMILES string of the molecule is Cn1c(CO)nnc1C(F)F. The van der Waals surface area contributed by atoms with Gasteiger partial charge in [-0.15, -0.1) is 10.2 Å². The van der Waals surface area contributed by atoms with Crippen molar-refractivity contribution in [3.63, 3.8) is 0 Å². The van der Waals surface area contributed by atoms with Gasteiger partial charge in [0.1, 0.15) is 6.61 Å². The van der Waals surface area contributed by atoms with Crippen LogP contribution >= 0.6 is 0 Å². The molecular weight excluding hydrogens is 156 g/mol. The van der Waals surface area contributed by atoms with Gasteiger partial charge in [0.2, 0.25) is 0 Å². The van der Waals surface area contributed by atoms with E-state index < -0.39 is 12.2 Å². The van der Waals surface area contributed by atoms with E-state index in [4.69, 9.17) is 5.11 Å². The van der Waals surface area contributed by atoms with Gasteiger partial charge in [0.25, 0.3) is 6.43 Å². The van der Waals surface area contributed by atoms with Gasteiger partial charge in [0.05, 0.1) is 0 Å². The third-order valence-electron chi connectivity index (χ3n) is 1.34. The standard InChI is InChI=1S/C5H7F2N3O/c1-10-3(2-11)8-9-5(10)4(6)7/h4,11H,2H2,1H3. The third-order valence-corrected chi connectivity index (χ3v) is 1.34. The molecule has 4 nitrogen and oxygen atoms in total. The van der Waals surface area contributed by atoms with E-state index in [2.05, 4.69) is 10.2 Å². The van der Waals surface area contributed by atoms with Crippen LogP contribution in [0.15, 0.2) is 0 Å². The van der Waals surface area contributed by atoms with Crippen molar-refractivity contribution in [2.45, 2.75) is 13.0 Å². The van der Waals surface area contributed by atoms with E-state index in [1.165, 1.54) is 7.05 Å². The van der Waals surface area contributed by atoms with Gasteiger partial charge in [-0.05, 0) is 0 Å². The average molecular weight is 163 g/mol. The van der Waals surface area contributed by atoms with E-state index in [-0.39, 0.29) is 12.4 Å². The third kappa shape index (κ3) is 1.35. The first-order valence-corrected chi connectivity index (χ1v) is 2.94. The number of halogens is 2. The Morgan fingerprint density at radius 2 is 2.18 bits per heavy atom. The minimum absolute atomic E-state index is 0.139. The first-order valence-electron chi connectivity index (χ1n) is 2.94. The van der Waals surface area contributed by atoms with Crippen molar-refractivity contribution in [1.82, 2.24) is 14.8 Å². The lowest BCUT2D eigenvalue weighted by Crippen LogP contribution is -2.02. The molecule has 1 aromatic rings. The first kappa shape index (κ1) is 8.06. The fourth-order valence-electron chi connectivity index (χ4n) is 0.703. The summed E-state index contributed by atoms with van der Waals surface area (Å²) in [6.07, 6.45) is -2.65. The molecule has 1 rings (SSSR count). The van der Waals surface area contributed by atoms with Crippen LogP contribution in [0, 0.1) is 0 Å². The van der Waals surface area contributed by atoms with Crippen molar-refractivity contribution in [1.29, 1.82) is 0 Å². The van der Waals surface area contributed by atoms with Crippen LogP contribution in [0.4, 0.5) is 8.78 Å². The number of aliphatic hydroxyl groups is 1. The number of aliphatic hydroxyl groups excluding tert-OH is 1. The zero-order chi connectivity index (χ0) is 8.43. The number of rotatable bonds is 2. The highest BCUT2D eigenvalue weighted by Gasteiger charge is 2.16. The highest BCUT2D eigenvalue weighted by Crippen LogP contribution is 2.15. The molecule has 0 bridgehead atoms. The monoisotopic (exact) mass is 163 g/mol. The second kappa shape index (κ2) is 2.91. The predicted octanol–water partition coefficient (Wildman–Crippen LogP) is 0.245. The molecule has 0 aromatic carbocycles. The molecule has 1 heterocycles. The minimum Gasteiger partial charge on any atom is -0.388 e. The second-order valence-corrected chi connectivity index (χ2v) is 1.99. The van der Waals surface area contributed by atoms with Gasteiger partial charge in [0, 0.05) is 7.05 Å². The maximum Gasteiger partial charge on any atom is 0.297 e. The van der Waals surface area contributed by atoms with Crippen molar-refractivity contribution in [3.05, 3.63) is 11.6 Å². The molecule has 0 radical (unpaired) electrons. The van der Waals surface area contributed by atoms with E-state index in [0.717, 1.165) is 4.57 Å². The number of alkyl halides is 2. The van der Waals surface area contributed by atoms with Crippen LogP contribution in [-0.2, 0) is 13.7 Å². The summed E-state index contributed by atoms with van der Waals surface area (Å²) in [6.45, 7) is -0.379. The van der Waals surface area contributed by atoms with E-state index in [1.54, 1.807) is 0 Å². The van der Waals surface area contributed by atoms with Gasteiger partial charge >= 0.3 is 0 Å². The van der Waals surface area contributed by atoms with E-state index in [0.29, 0.717) is 0 Å². The van der Waals surface area contributed by atoms with Gasteiger partial charge in [-0.25, -0.2) is 8.78 Å². The molecule has 1 N–H and O–H groups in total. The molecule has 62 valence electrons. The van der Waals surface area contributed by atoms with Gasteiger partial charge in [-0.3, -0.25) is 0 Å². The quantitative estimate of drug-likeness (QED) is 0.679. The summed E-state index contributed by atoms with van der Waals surface area (Å²) in [6, 6.07) is 0. The van der Waals surface area contributed by atoms with Crippen molar-refractivity contribution in [3.8, 4) is 0 Å². The van der Waals surface area contributed by atoms with Crippen LogP contribution in [0.3, 0.4) is 0 Å². The molecule has 0 aliphatic heterocycles. The number of hydrogen-bond acceptors (Lipinski definition) is 3. The van der Waals surface area contributed by atoms with Gasteiger partial charge in [-0.2, -0.15) is 0 Å². The number of aromatic nitrogens is 3. The summed E-state index contributed by atoms with van der Waals surface area (Å²) >= 11 is 0. The lowest BCUT2D eigenvalue weighted by atomic mass is 10.6. The van der Waals surface area contributed by atoms with Crippen LogP contribution in [0.1, 0.15) is 18.1 Å². The Balaban J connectivity index is 3.00. The van der Waals surface area contributed by atoms with Crippen molar-refractivity contribution < 1.29 is 13.9 Å². The Kier molecular flexibility index (Phi) is 2.13. The highest BCUT2D eigenvalue weighted by atomic mass is 19.3. The molecular formula is C5H7F2N3O. The zero-order valence-corrected chi connectivity index (χ0v) is 5.83. The molecule has 0 fully saturated rings. The van der Waals surface area contributed by atoms with Crippen LogP contribution in [0.5, 0.6) is 0 Å². The summed E-state index contributed by atoms with van der Waals surface area (Å²) in [5.41, 5.74) is 0. The van der Waals surface area contributed by atoms with Gasteiger partial charge in [-0.1, -0.05) is 0 Å². The summed E-state index contributed by atoms with van der Waals surface area (Å²) in [5.74, 6) is -0.283. The lowest BCUT2D eigenvalue weighted by Gasteiger charge is -1.98. The van der Waals surface area contributed by atoms with Crippen molar-refractivity contribution >= 4 is 0 Å². The fourth-order valence-corrected chi connectivity index (χ4v) is 0.703. The topological polar surface area (TPSA) is 50.9 Å². The zero-order valence-electron chi connectivity index (χ0n) is 5.83. The summed E-state index contributed by atoms with van der Waals surface area (Å²) in [5, 5.41) is 15.1. The van der Waals surface area contributed by atoms with Crippen LogP contribution in [0.25, 0.3) is 0 Å². The molecule has 0 spiro atoms. The maximum atomic E-state index is 12.0. The van der Waals surface area contributed by atoms with Crippen molar-refractivity contribution in [2.24, 2.45) is 7.05 Å². The molecule has 0 saturated carbocycles. The molecule has 0 unspecified atom stereocenters. The van der Waals surface area contributed by atoms with E-state index in [1.807, 2.05) is 0 Å². The smallest absolute Gasteiger partial charge is 0.297 e. The van der Waals surface area contributed by atoms with E-state index >= 15 is 0 Å². The maximum absolute atomic E-state index is 12.0. The van der Waals surface area contributed by atoms with Crippen LogP contribution < -0.4 is 0 Å². The first-order chi connectivity index (χ1) is 5.16. The van der Waals surface area contributed by atoms with Gasteiger partial charge in [0.15, 0.2) is 11.6 Å². The normalized spacial score (nSPS) is 11.0. The minimum atomic E-state index is -2.65.